The van der Waals surface area contributed by atoms with Crippen molar-refractivity contribution in [1.29, 1.82) is 0 Å². The van der Waals surface area contributed by atoms with Crippen molar-refractivity contribution in [3.63, 3.8) is 0 Å². The van der Waals surface area contributed by atoms with E-state index < -0.39 is 0 Å². The van der Waals surface area contributed by atoms with Crippen molar-refractivity contribution in [3.8, 4) is 22.7 Å². The molecule has 0 radical (unpaired) electrons. The van der Waals surface area contributed by atoms with Crippen LogP contribution >= 0.6 is 0 Å². The van der Waals surface area contributed by atoms with Crippen LogP contribution in [0.25, 0.3) is 16.9 Å². The average molecular weight is 405 g/mol. The summed E-state index contributed by atoms with van der Waals surface area (Å²) in [6, 6.07) is 19.7. The Labute approximate surface area is 180 Å². The van der Waals surface area contributed by atoms with E-state index in [0.717, 1.165) is 45.0 Å². The Hall–Kier alpha value is -2.56. The molecule has 1 saturated heterocycles. The molecule has 1 fully saturated rings. The molecule has 3 aromatic rings. The molecular formula is C26H32N2O2. The standard InChI is InChI=1S/C26H32N2O2/c1-4-5-21-6-10-24(11-7-21)28-20(2)23(19-27-14-16-30-17-15-27)18-26(28)22-8-12-25(29-3)13-9-22/h6-13,18H,4-5,14-17,19H2,1-3H3. The van der Waals surface area contributed by atoms with Crippen molar-refractivity contribution in [3.05, 3.63) is 71.4 Å². The van der Waals surface area contributed by atoms with Gasteiger partial charge in [-0.3, -0.25) is 4.90 Å². The molecule has 0 atom stereocenters. The van der Waals surface area contributed by atoms with Crippen LogP contribution in [0.1, 0.15) is 30.2 Å². The molecule has 0 bridgehead atoms. The van der Waals surface area contributed by atoms with Crippen LogP contribution in [0.4, 0.5) is 0 Å². The number of aryl methyl sites for hydroxylation is 1. The van der Waals surface area contributed by atoms with Gasteiger partial charge in [0.25, 0.3) is 0 Å². The Morgan fingerprint density at radius 3 is 2.30 bits per heavy atom. The summed E-state index contributed by atoms with van der Waals surface area (Å²) in [5.41, 5.74) is 7.71. The molecule has 4 heteroatoms. The zero-order valence-corrected chi connectivity index (χ0v) is 18.4. The van der Waals surface area contributed by atoms with E-state index in [1.54, 1.807) is 7.11 Å². The highest BCUT2D eigenvalue weighted by molar-refractivity contribution is 5.66. The molecule has 0 unspecified atom stereocenters. The number of rotatable bonds is 7. The molecule has 0 N–H and O–H groups in total. The summed E-state index contributed by atoms with van der Waals surface area (Å²) in [6.45, 7) is 9.06. The van der Waals surface area contributed by atoms with Crippen molar-refractivity contribution in [1.82, 2.24) is 9.47 Å². The van der Waals surface area contributed by atoms with Crippen LogP contribution in [0, 0.1) is 6.92 Å². The molecule has 1 aliphatic heterocycles. The Balaban J connectivity index is 1.74. The maximum absolute atomic E-state index is 5.53. The predicted molar refractivity (Wildman–Crippen MR) is 123 cm³/mol. The van der Waals surface area contributed by atoms with Crippen LogP contribution < -0.4 is 4.74 Å². The van der Waals surface area contributed by atoms with E-state index in [1.807, 2.05) is 12.1 Å². The van der Waals surface area contributed by atoms with Gasteiger partial charge in [-0.25, -0.2) is 0 Å². The van der Waals surface area contributed by atoms with Gasteiger partial charge in [0.15, 0.2) is 0 Å². The van der Waals surface area contributed by atoms with Crippen molar-refractivity contribution < 1.29 is 9.47 Å². The molecule has 2 heterocycles. The van der Waals surface area contributed by atoms with Crippen LogP contribution in [-0.4, -0.2) is 42.9 Å². The number of nitrogens with zero attached hydrogens (tertiary/aromatic N) is 2. The normalized spacial score (nSPS) is 14.8. The minimum atomic E-state index is 0.823. The smallest absolute Gasteiger partial charge is 0.118 e. The fourth-order valence-electron chi connectivity index (χ4n) is 4.23. The first kappa shape index (κ1) is 20.7. The van der Waals surface area contributed by atoms with E-state index in [2.05, 4.69) is 65.8 Å². The number of benzene rings is 2. The van der Waals surface area contributed by atoms with Crippen molar-refractivity contribution in [2.45, 2.75) is 33.2 Å². The van der Waals surface area contributed by atoms with Crippen LogP contribution in [0.3, 0.4) is 0 Å². The maximum atomic E-state index is 5.53. The number of methoxy groups -OCH3 is 1. The molecule has 0 saturated carbocycles. The summed E-state index contributed by atoms with van der Waals surface area (Å²) in [4.78, 5) is 2.48. The lowest BCUT2D eigenvalue weighted by molar-refractivity contribution is 0.0341. The second-order valence-electron chi connectivity index (χ2n) is 8.01. The second kappa shape index (κ2) is 9.50. The van der Waals surface area contributed by atoms with Crippen LogP contribution in [0.2, 0.25) is 0 Å². The van der Waals surface area contributed by atoms with E-state index in [0.29, 0.717) is 0 Å². The van der Waals surface area contributed by atoms with Gasteiger partial charge in [-0.1, -0.05) is 25.5 Å². The largest absolute Gasteiger partial charge is 0.497 e. The number of hydrogen-bond acceptors (Lipinski definition) is 3. The Bertz CT molecular complexity index is 952. The van der Waals surface area contributed by atoms with Gasteiger partial charge in [-0.05, 0) is 72.5 Å². The minimum absolute atomic E-state index is 0.823. The molecule has 1 aliphatic rings. The summed E-state index contributed by atoms with van der Waals surface area (Å²) in [7, 11) is 1.71. The van der Waals surface area contributed by atoms with E-state index in [4.69, 9.17) is 9.47 Å². The third-order valence-corrected chi connectivity index (χ3v) is 5.97. The molecule has 4 rings (SSSR count). The lowest BCUT2D eigenvalue weighted by Gasteiger charge is -2.26. The van der Waals surface area contributed by atoms with Gasteiger partial charge in [0.05, 0.1) is 26.0 Å². The van der Waals surface area contributed by atoms with Gasteiger partial charge in [0.1, 0.15) is 5.75 Å². The number of hydrogen-bond donors (Lipinski definition) is 0. The number of ether oxygens (including phenoxy) is 2. The summed E-state index contributed by atoms with van der Waals surface area (Å²) >= 11 is 0. The second-order valence-corrected chi connectivity index (χ2v) is 8.01. The van der Waals surface area contributed by atoms with E-state index in [1.165, 1.54) is 40.2 Å². The fraction of sp³-hybridized carbons (Fsp3) is 0.385. The first-order chi connectivity index (χ1) is 14.7. The molecule has 1 aromatic heterocycles. The molecule has 0 amide bonds. The van der Waals surface area contributed by atoms with Gasteiger partial charge >= 0.3 is 0 Å². The van der Waals surface area contributed by atoms with Crippen molar-refractivity contribution >= 4 is 0 Å². The first-order valence-electron chi connectivity index (χ1n) is 10.9. The summed E-state index contributed by atoms with van der Waals surface area (Å²) < 4.78 is 13.3. The van der Waals surface area contributed by atoms with Gasteiger partial charge in [0.2, 0.25) is 0 Å². The van der Waals surface area contributed by atoms with Crippen molar-refractivity contribution in [2.24, 2.45) is 0 Å². The zero-order chi connectivity index (χ0) is 20.9. The SMILES string of the molecule is CCCc1ccc(-n2c(-c3ccc(OC)cc3)cc(CN3CCOCC3)c2C)cc1. The molecule has 2 aromatic carbocycles. The number of morpholine rings is 1. The van der Waals surface area contributed by atoms with Gasteiger partial charge in [-0.2, -0.15) is 0 Å². The van der Waals surface area contributed by atoms with E-state index in [9.17, 15) is 0 Å². The maximum Gasteiger partial charge on any atom is 0.118 e. The van der Waals surface area contributed by atoms with Crippen LogP contribution in [-0.2, 0) is 17.7 Å². The first-order valence-corrected chi connectivity index (χ1v) is 10.9. The highest BCUT2D eigenvalue weighted by Crippen LogP contribution is 2.31. The van der Waals surface area contributed by atoms with E-state index in [-0.39, 0.29) is 0 Å². The summed E-state index contributed by atoms with van der Waals surface area (Å²) in [5.74, 6) is 0.881. The zero-order valence-electron chi connectivity index (χ0n) is 18.4. The Morgan fingerprint density at radius 1 is 0.967 bits per heavy atom. The quantitative estimate of drug-likeness (QED) is 0.538. The summed E-state index contributed by atoms with van der Waals surface area (Å²) in [6.07, 6.45) is 2.29. The third-order valence-electron chi connectivity index (χ3n) is 5.97. The average Bonchev–Trinajstić information content (AvgIpc) is 3.11. The highest BCUT2D eigenvalue weighted by Gasteiger charge is 2.18. The molecule has 158 valence electrons. The van der Waals surface area contributed by atoms with Crippen LogP contribution in [0.15, 0.2) is 54.6 Å². The summed E-state index contributed by atoms with van der Waals surface area (Å²) in [5, 5.41) is 0. The number of aromatic nitrogens is 1. The lowest BCUT2D eigenvalue weighted by Crippen LogP contribution is -2.35. The Kier molecular flexibility index (Phi) is 6.56. The van der Waals surface area contributed by atoms with E-state index >= 15 is 0 Å². The predicted octanol–water partition coefficient (Wildman–Crippen LogP) is 5.25. The lowest BCUT2D eigenvalue weighted by atomic mass is 10.1. The molecular weight excluding hydrogens is 372 g/mol. The van der Waals surface area contributed by atoms with Crippen LogP contribution in [0.5, 0.6) is 5.75 Å². The highest BCUT2D eigenvalue weighted by atomic mass is 16.5. The molecule has 30 heavy (non-hydrogen) atoms. The third kappa shape index (κ3) is 4.45. The van der Waals surface area contributed by atoms with Gasteiger partial charge < -0.3 is 14.0 Å². The molecule has 0 aliphatic carbocycles. The monoisotopic (exact) mass is 404 g/mol. The molecule has 0 spiro atoms. The fourth-order valence-corrected chi connectivity index (χ4v) is 4.23. The van der Waals surface area contributed by atoms with Crippen molar-refractivity contribution in [2.75, 3.05) is 33.4 Å². The van der Waals surface area contributed by atoms with Gasteiger partial charge in [0, 0.05) is 31.0 Å². The topological polar surface area (TPSA) is 26.6 Å². The van der Waals surface area contributed by atoms with Gasteiger partial charge in [-0.15, -0.1) is 0 Å². The molecule has 4 nitrogen and oxygen atoms in total. The Morgan fingerprint density at radius 2 is 1.67 bits per heavy atom. The minimum Gasteiger partial charge on any atom is -0.497 e.